The van der Waals surface area contributed by atoms with E-state index in [0.29, 0.717) is 30.8 Å². The van der Waals surface area contributed by atoms with Crippen LogP contribution in [0.1, 0.15) is 13.8 Å². The normalized spacial score (nSPS) is 29.1. The smallest absolute Gasteiger partial charge is 0.196 e. The van der Waals surface area contributed by atoms with Crippen LogP contribution in [0.2, 0.25) is 0 Å². The van der Waals surface area contributed by atoms with Crippen molar-refractivity contribution in [3.8, 4) is 5.75 Å². The van der Waals surface area contributed by atoms with Gasteiger partial charge >= 0.3 is 0 Å². The first-order valence-corrected chi connectivity index (χ1v) is 13.3. The summed E-state index contributed by atoms with van der Waals surface area (Å²) in [7, 11) is 0. The third kappa shape index (κ3) is 5.73. The van der Waals surface area contributed by atoms with E-state index in [9.17, 15) is 0 Å². The van der Waals surface area contributed by atoms with Crippen LogP contribution in [0.5, 0.6) is 5.75 Å². The SMILES string of the molecule is CC(C)N1CCN(c2ccc(OC[C@H]3CO[C@](Cn4cncn4)(C4C=CC(Cl)=CC4Cl)O3)cc2)CC1. The fourth-order valence-electron chi connectivity index (χ4n) is 5.01. The van der Waals surface area contributed by atoms with Gasteiger partial charge in [-0.2, -0.15) is 5.10 Å². The largest absolute Gasteiger partial charge is 0.491 e. The molecule has 1 aromatic carbocycles. The molecule has 8 nitrogen and oxygen atoms in total. The Morgan fingerprint density at radius 2 is 1.94 bits per heavy atom. The highest BCUT2D eigenvalue weighted by Crippen LogP contribution is 2.40. The summed E-state index contributed by atoms with van der Waals surface area (Å²) in [6.07, 6.45) is 8.45. The summed E-state index contributed by atoms with van der Waals surface area (Å²) in [5.74, 6) is -0.438. The lowest BCUT2D eigenvalue weighted by Gasteiger charge is -2.38. The number of ether oxygens (including phenoxy) is 3. The van der Waals surface area contributed by atoms with Gasteiger partial charge in [0.1, 0.15) is 31.1 Å². The van der Waals surface area contributed by atoms with Crippen LogP contribution < -0.4 is 9.64 Å². The number of piperazine rings is 1. The molecule has 0 bridgehead atoms. The first-order valence-electron chi connectivity index (χ1n) is 12.5. The Morgan fingerprint density at radius 3 is 2.61 bits per heavy atom. The van der Waals surface area contributed by atoms with E-state index in [1.807, 2.05) is 24.3 Å². The fourth-order valence-corrected chi connectivity index (χ4v) is 5.70. The summed E-state index contributed by atoms with van der Waals surface area (Å²) in [4.78, 5) is 8.99. The van der Waals surface area contributed by atoms with Crippen molar-refractivity contribution in [2.75, 3.05) is 44.3 Å². The summed E-state index contributed by atoms with van der Waals surface area (Å²) in [6.45, 7) is 9.88. The Balaban J connectivity index is 1.19. The minimum absolute atomic E-state index is 0.244. The fraction of sp³-hybridized carbons (Fsp3) is 0.538. The van der Waals surface area contributed by atoms with Gasteiger partial charge in [-0.3, -0.25) is 4.90 Å². The maximum Gasteiger partial charge on any atom is 0.196 e. The summed E-state index contributed by atoms with van der Waals surface area (Å²) in [5.41, 5.74) is 1.22. The Morgan fingerprint density at radius 1 is 1.17 bits per heavy atom. The van der Waals surface area contributed by atoms with E-state index in [2.05, 4.69) is 45.9 Å². The molecule has 2 saturated heterocycles. The summed E-state index contributed by atoms with van der Waals surface area (Å²) in [6, 6.07) is 8.89. The van der Waals surface area contributed by atoms with Gasteiger partial charge in [-0.15, -0.1) is 11.6 Å². The van der Waals surface area contributed by atoms with Crippen molar-refractivity contribution in [1.29, 1.82) is 0 Å². The molecule has 3 aliphatic rings. The van der Waals surface area contributed by atoms with Crippen LogP contribution in [0.25, 0.3) is 0 Å². The zero-order valence-corrected chi connectivity index (χ0v) is 22.2. The van der Waals surface area contributed by atoms with E-state index in [0.717, 1.165) is 31.9 Å². The highest BCUT2D eigenvalue weighted by Gasteiger charge is 2.50. The molecule has 0 spiro atoms. The average Bonchev–Trinajstić information content (AvgIpc) is 3.54. The highest BCUT2D eigenvalue weighted by molar-refractivity contribution is 6.32. The van der Waals surface area contributed by atoms with Gasteiger partial charge in [0.15, 0.2) is 5.79 Å². The predicted molar refractivity (Wildman–Crippen MR) is 141 cm³/mol. The van der Waals surface area contributed by atoms with Crippen LogP contribution in [0, 0.1) is 5.92 Å². The Bertz CT molecular complexity index is 1050. The number of hydrogen-bond acceptors (Lipinski definition) is 7. The van der Waals surface area contributed by atoms with Crippen molar-refractivity contribution >= 4 is 28.9 Å². The maximum atomic E-state index is 6.65. The molecule has 1 aliphatic carbocycles. The van der Waals surface area contributed by atoms with Crippen LogP contribution in [-0.2, 0) is 16.0 Å². The molecule has 1 aromatic heterocycles. The van der Waals surface area contributed by atoms with Gasteiger partial charge in [-0.05, 0) is 50.3 Å². The van der Waals surface area contributed by atoms with E-state index >= 15 is 0 Å². The summed E-state index contributed by atoms with van der Waals surface area (Å²) < 4.78 is 20.5. The zero-order chi connectivity index (χ0) is 25.1. The Kier molecular flexibility index (Phi) is 7.88. The van der Waals surface area contributed by atoms with Crippen LogP contribution in [0.15, 0.2) is 60.2 Å². The third-order valence-corrected chi connectivity index (χ3v) is 7.69. The van der Waals surface area contributed by atoms with Crippen molar-refractivity contribution in [3.63, 3.8) is 0 Å². The molecule has 0 saturated carbocycles. The zero-order valence-electron chi connectivity index (χ0n) is 20.7. The second-order valence-corrected chi connectivity index (χ2v) is 10.7. The number of benzene rings is 1. The molecule has 3 heterocycles. The van der Waals surface area contributed by atoms with Crippen molar-refractivity contribution in [1.82, 2.24) is 19.7 Å². The number of alkyl halides is 1. The van der Waals surface area contributed by atoms with Crippen molar-refractivity contribution < 1.29 is 14.2 Å². The molecule has 2 fully saturated rings. The van der Waals surface area contributed by atoms with Crippen molar-refractivity contribution in [2.45, 2.75) is 43.7 Å². The van der Waals surface area contributed by atoms with E-state index in [1.165, 1.54) is 12.0 Å². The molecule has 10 heteroatoms. The first kappa shape index (κ1) is 25.5. The van der Waals surface area contributed by atoms with Gasteiger partial charge in [0.05, 0.1) is 24.4 Å². The summed E-state index contributed by atoms with van der Waals surface area (Å²) >= 11 is 12.8. The Hall–Kier alpha value is -2.10. The van der Waals surface area contributed by atoms with E-state index < -0.39 is 5.79 Å². The number of halogens is 2. The van der Waals surface area contributed by atoms with Crippen molar-refractivity contribution in [3.05, 3.63) is 60.2 Å². The van der Waals surface area contributed by atoms with Gasteiger partial charge < -0.3 is 19.1 Å². The van der Waals surface area contributed by atoms with Crippen LogP contribution >= 0.6 is 23.2 Å². The third-order valence-electron chi connectivity index (χ3n) is 7.04. The highest BCUT2D eigenvalue weighted by atomic mass is 35.5. The number of aromatic nitrogens is 3. The van der Waals surface area contributed by atoms with Crippen LogP contribution in [-0.4, -0.2) is 82.4 Å². The maximum absolute atomic E-state index is 6.65. The van der Waals surface area contributed by atoms with Gasteiger partial charge in [0.25, 0.3) is 0 Å². The lowest BCUT2D eigenvalue weighted by Crippen LogP contribution is -2.48. The topological polar surface area (TPSA) is 64.9 Å². The lowest BCUT2D eigenvalue weighted by atomic mass is 9.90. The number of rotatable bonds is 8. The van der Waals surface area contributed by atoms with Gasteiger partial charge in [-0.25, -0.2) is 9.67 Å². The van der Waals surface area contributed by atoms with Gasteiger partial charge in [0.2, 0.25) is 0 Å². The summed E-state index contributed by atoms with van der Waals surface area (Å²) in [5, 5.41) is 4.46. The molecule has 2 unspecified atom stereocenters. The molecular formula is C26H33Cl2N5O3. The molecule has 36 heavy (non-hydrogen) atoms. The molecule has 2 aromatic rings. The molecule has 0 radical (unpaired) electrons. The first-order chi connectivity index (χ1) is 17.4. The van der Waals surface area contributed by atoms with E-state index in [-0.39, 0.29) is 17.4 Å². The molecule has 0 N–H and O–H groups in total. The molecular weight excluding hydrogens is 501 g/mol. The van der Waals surface area contributed by atoms with Crippen LogP contribution in [0.4, 0.5) is 5.69 Å². The molecule has 0 amide bonds. The predicted octanol–water partition coefficient (Wildman–Crippen LogP) is 3.92. The number of allylic oxidation sites excluding steroid dienone is 3. The average molecular weight is 534 g/mol. The standard InChI is InChI=1S/C26H33Cl2N5O3/c1-19(2)31-9-11-32(12-10-31)21-4-6-22(7-5-21)34-14-23-15-35-26(36-23,16-33-18-29-17-30-33)24-8-3-20(27)13-25(24)28/h3-8,13,17-19,23-25H,9-12,14-16H2,1-2H3/t23-,24?,25?,26-/m0/s1. The minimum Gasteiger partial charge on any atom is -0.491 e. The molecule has 4 atom stereocenters. The van der Waals surface area contributed by atoms with Crippen LogP contribution in [0.3, 0.4) is 0 Å². The van der Waals surface area contributed by atoms with E-state index in [4.69, 9.17) is 37.4 Å². The number of hydrogen-bond donors (Lipinski definition) is 0. The molecule has 194 valence electrons. The van der Waals surface area contributed by atoms with E-state index in [1.54, 1.807) is 17.1 Å². The number of anilines is 1. The minimum atomic E-state index is -0.999. The second kappa shape index (κ2) is 11.1. The second-order valence-electron chi connectivity index (χ2n) is 9.76. The molecule has 5 rings (SSSR count). The number of nitrogens with zero attached hydrogens (tertiary/aromatic N) is 5. The lowest BCUT2D eigenvalue weighted by molar-refractivity contribution is -0.206. The van der Waals surface area contributed by atoms with Gasteiger partial charge in [0, 0.05) is 42.9 Å². The van der Waals surface area contributed by atoms with Gasteiger partial charge in [-0.1, -0.05) is 17.7 Å². The Labute approximate surface area is 222 Å². The molecule has 2 aliphatic heterocycles. The van der Waals surface area contributed by atoms with Crippen molar-refractivity contribution in [2.24, 2.45) is 5.92 Å². The monoisotopic (exact) mass is 533 g/mol. The quantitative estimate of drug-likeness (QED) is 0.476.